The Morgan fingerprint density at radius 2 is 1.33 bits per heavy atom. The summed E-state index contributed by atoms with van der Waals surface area (Å²) in [6.07, 6.45) is 3.40. The van der Waals surface area contributed by atoms with Crippen molar-refractivity contribution in [2.24, 2.45) is 0 Å². The number of nitrogens with zero attached hydrogens (tertiary/aromatic N) is 6. The molecule has 0 amide bonds. The second-order valence-electron chi connectivity index (χ2n) is 8.86. The molecule has 0 spiro atoms. The Labute approximate surface area is 171 Å². The monoisotopic (exact) mass is 414 g/mol. The lowest BCUT2D eigenvalue weighted by Crippen LogP contribution is -2.22. The molecule has 0 aromatic carbocycles. The molecule has 30 heavy (non-hydrogen) atoms. The lowest BCUT2D eigenvalue weighted by molar-refractivity contribution is 0.358. The molecule has 160 valence electrons. The van der Waals surface area contributed by atoms with Crippen LogP contribution in [0.5, 0.6) is 0 Å². The summed E-state index contributed by atoms with van der Waals surface area (Å²) in [6.45, 7) is 12.0. The summed E-state index contributed by atoms with van der Waals surface area (Å²) in [7, 11) is 0. The lowest BCUT2D eigenvalue weighted by atomic mass is 10.1. The van der Waals surface area contributed by atoms with E-state index in [0.717, 1.165) is 0 Å². The number of aromatic amines is 2. The Morgan fingerprint density at radius 3 is 1.93 bits per heavy atom. The van der Waals surface area contributed by atoms with E-state index in [9.17, 15) is 9.59 Å². The first-order valence-corrected chi connectivity index (χ1v) is 9.27. The normalized spacial score (nSPS) is 12.2. The first kappa shape index (κ1) is 21.0. The lowest BCUT2D eigenvalue weighted by Gasteiger charge is -2.18. The van der Waals surface area contributed by atoms with Crippen LogP contribution < -0.4 is 22.6 Å². The number of fused-ring (bicyclic) bond motifs is 2. The number of nitrogen functional groups attached to an aromatic ring is 2. The van der Waals surface area contributed by atoms with Gasteiger partial charge in [0.05, 0.1) is 17.3 Å². The van der Waals surface area contributed by atoms with Gasteiger partial charge in [-0.15, -0.1) is 0 Å². The van der Waals surface area contributed by atoms with Crippen LogP contribution in [0.25, 0.3) is 22.1 Å². The Balaban J connectivity index is 0.000000171. The summed E-state index contributed by atoms with van der Waals surface area (Å²) < 4.78 is 3.42. The number of aromatic nitrogens is 8. The number of hydrogen-bond donors (Lipinski definition) is 4. The van der Waals surface area contributed by atoms with E-state index in [1.165, 1.54) is 0 Å². The molecule has 0 aliphatic rings. The van der Waals surface area contributed by atoms with Crippen LogP contribution >= 0.6 is 0 Å². The number of nitrogens with one attached hydrogen (secondary N) is 2. The zero-order valence-electron chi connectivity index (χ0n) is 17.8. The average Bonchev–Trinajstić information content (AvgIpc) is 3.18. The Hall–Kier alpha value is -3.70. The summed E-state index contributed by atoms with van der Waals surface area (Å²) in [6, 6.07) is 0. The summed E-state index contributed by atoms with van der Waals surface area (Å²) in [5.41, 5.74) is 11.2. The molecule has 0 aliphatic heterocycles. The molecule has 0 aliphatic carbocycles. The summed E-state index contributed by atoms with van der Waals surface area (Å²) in [5.74, 6) is 0.201. The molecule has 4 aromatic rings. The SMILES string of the molecule is CC(C)(C)n1cc2c(=O)[nH]c(N)nc2n1.CC(C)(C)n1cc2nc(N)[nH]c(=O)c2n1. The molecule has 4 aromatic heterocycles. The predicted molar refractivity (Wildman–Crippen MR) is 115 cm³/mol. The van der Waals surface area contributed by atoms with Gasteiger partial charge in [-0.2, -0.15) is 15.2 Å². The molecule has 12 nitrogen and oxygen atoms in total. The van der Waals surface area contributed by atoms with Gasteiger partial charge in [-0.3, -0.25) is 28.9 Å². The fourth-order valence-electron chi connectivity index (χ4n) is 2.56. The number of H-pyrrole nitrogens is 2. The summed E-state index contributed by atoms with van der Waals surface area (Å²) in [5, 5.41) is 8.85. The molecule has 0 fully saturated rings. The Bertz CT molecular complexity index is 1220. The van der Waals surface area contributed by atoms with Crippen molar-refractivity contribution in [1.29, 1.82) is 0 Å². The Morgan fingerprint density at radius 1 is 0.800 bits per heavy atom. The van der Waals surface area contributed by atoms with Gasteiger partial charge in [0.15, 0.2) is 11.2 Å². The smallest absolute Gasteiger partial charge is 0.280 e. The van der Waals surface area contributed by atoms with Gasteiger partial charge < -0.3 is 11.5 Å². The number of rotatable bonds is 0. The standard InChI is InChI=1S/2C9H13N5O/c1-9(2,3)14-4-5-6(13-14)7(15)12-8(10)11-5;1-9(2,3)14-4-5-6(13-14)11-8(10)12-7(5)15/h4H,1-3H3,(H3,10,11,12,15);4H,1-3H3,(H3,10,11,12,13,15). The first-order valence-electron chi connectivity index (χ1n) is 9.27. The minimum Gasteiger partial charge on any atom is -0.369 e. The topological polar surface area (TPSA) is 179 Å². The van der Waals surface area contributed by atoms with Gasteiger partial charge >= 0.3 is 0 Å². The third-order valence-corrected chi connectivity index (χ3v) is 4.17. The van der Waals surface area contributed by atoms with Crippen LogP contribution in [-0.2, 0) is 11.1 Å². The van der Waals surface area contributed by atoms with Crippen molar-refractivity contribution in [2.75, 3.05) is 11.5 Å². The number of anilines is 2. The first-order chi connectivity index (χ1) is 13.8. The third kappa shape index (κ3) is 4.16. The van der Waals surface area contributed by atoms with Crippen LogP contribution in [0.15, 0.2) is 22.0 Å². The van der Waals surface area contributed by atoms with Crippen LogP contribution in [-0.4, -0.2) is 39.5 Å². The molecular formula is C18H26N10O2. The average molecular weight is 414 g/mol. The molecular weight excluding hydrogens is 388 g/mol. The van der Waals surface area contributed by atoms with Gasteiger partial charge in [0, 0.05) is 6.20 Å². The van der Waals surface area contributed by atoms with Crippen molar-refractivity contribution in [1.82, 2.24) is 39.5 Å². The van der Waals surface area contributed by atoms with Crippen molar-refractivity contribution in [3.8, 4) is 0 Å². The minimum absolute atomic E-state index is 0.0895. The zero-order valence-corrected chi connectivity index (χ0v) is 17.8. The van der Waals surface area contributed by atoms with Crippen molar-refractivity contribution >= 4 is 34.0 Å². The number of hydrogen-bond acceptors (Lipinski definition) is 8. The van der Waals surface area contributed by atoms with Gasteiger partial charge in [0.25, 0.3) is 11.1 Å². The maximum absolute atomic E-state index is 11.5. The van der Waals surface area contributed by atoms with E-state index in [1.54, 1.807) is 21.8 Å². The highest BCUT2D eigenvalue weighted by molar-refractivity contribution is 5.74. The second kappa shape index (κ2) is 6.97. The molecule has 4 heterocycles. The van der Waals surface area contributed by atoms with Crippen molar-refractivity contribution in [3.05, 3.63) is 33.1 Å². The summed E-state index contributed by atoms with van der Waals surface area (Å²) >= 11 is 0. The quantitative estimate of drug-likeness (QED) is 0.328. The zero-order chi connectivity index (χ0) is 22.4. The molecule has 0 unspecified atom stereocenters. The fraction of sp³-hybridized carbons (Fsp3) is 0.444. The van der Waals surface area contributed by atoms with E-state index < -0.39 is 0 Å². The van der Waals surface area contributed by atoms with Crippen LogP contribution in [0.4, 0.5) is 11.9 Å². The van der Waals surface area contributed by atoms with Gasteiger partial charge in [0.1, 0.15) is 10.9 Å². The third-order valence-electron chi connectivity index (χ3n) is 4.17. The van der Waals surface area contributed by atoms with Crippen LogP contribution in [0, 0.1) is 0 Å². The number of nitrogens with two attached hydrogens (primary N) is 2. The second-order valence-corrected chi connectivity index (χ2v) is 8.86. The molecule has 12 heteroatoms. The largest absolute Gasteiger partial charge is 0.369 e. The highest BCUT2D eigenvalue weighted by Crippen LogP contribution is 2.16. The van der Waals surface area contributed by atoms with Crippen LogP contribution in [0.3, 0.4) is 0 Å². The van der Waals surface area contributed by atoms with Crippen molar-refractivity contribution < 1.29 is 0 Å². The molecule has 4 rings (SSSR count). The minimum atomic E-state index is -0.305. The van der Waals surface area contributed by atoms with E-state index in [-0.39, 0.29) is 34.1 Å². The highest BCUT2D eigenvalue weighted by atomic mass is 16.1. The van der Waals surface area contributed by atoms with Crippen molar-refractivity contribution in [3.63, 3.8) is 0 Å². The molecule has 0 bridgehead atoms. The molecule has 0 saturated carbocycles. The Kier molecular flexibility index (Phi) is 4.88. The molecule has 6 N–H and O–H groups in total. The van der Waals surface area contributed by atoms with E-state index in [1.807, 2.05) is 41.5 Å². The molecule has 0 saturated heterocycles. The van der Waals surface area contributed by atoms with E-state index >= 15 is 0 Å². The molecule has 0 atom stereocenters. The van der Waals surface area contributed by atoms with Crippen LogP contribution in [0.1, 0.15) is 41.5 Å². The van der Waals surface area contributed by atoms with Gasteiger partial charge in [0.2, 0.25) is 11.9 Å². The highest BCUT2D eigenvalue weighted by Gasteiger charge is 2.17. The van der Waals surface area contributed by atoms with Gasteiger partial charge in [-0.25, -0.2) is 4.98 Å². The summed E-state index contributed by atoms with van der Waals surface area (Å²) in [4.78, 5) is 35.8. The maximum Gasteiger partial charge on any atom is 0.280 e. The fourth-order valence-corrected chi connectivity index (χ4v) is 2.56. The van der Waals surface area contributed by atoms with Crippen LogP contribution in [0.2, 0.25) is 0 Å². The van der Waals surface area contributed by atoms with E-state index in [0.29, 0.717) is 22.1 Å². The van der Waals surface area contributed by atoms with Gasteiger partial charge in [-0.1, -0.05) is 0 Å². The van der Waals surface area contributed by atoms with Crippen molar-refractivity contribution in [2.45, 2.75) is 52.6 Å². The maximum atomic E-state index is 11.5. The molecule has 0 radical (unpaired) electrons. The van der Waals surface area contributed by atoms with E-state index in [2.05, 4.69) is 30.1 Å². The van der Waals surface area contributed by atoms with E-state index in [4.69, 9.17) is 11.5 Å². The predicted octanol–water partition coefficient (Wildman–Crippen LogP) is 0.914. The van der Waals surface area contributed by atoms with Gasteiger partial charge in [-0.05, 0) is 41.5 Å².